The van der Waals surface area contributed by atoms with Gasteiger partial charge in [0.1, 0.15) is 0 Å². The van der Waals surface area contributed by atoms with E-state index in [9.17, 15) is 0 Å². The Kier molecular flexibility index (Phi) is 2.04. The summed E-state index contributed by atoms with van der Waals surface area (Å²) in [5, 5.41) is 0. The van der Waals surface area contributed by atoms with Crippen molar-refractivity contribution in [2.75, 3.05) is 0 Å². The fraction of sp³-hybridized carbons (Fsp3) is 0.111. The van der Waals surface area contributed by atoms with Gasteiger partial charge in [0.15, 0.2) is 0 Å². The Labute approximate surface area is 107 Å². The first-order valence-electron chi connectivity index (χ1n) is 6.47. The normalized spacial score (nSPS) is 23.2. The Hall–Kier alpha value is -2.08. The molecule has 0 saturated carbocycles. The second-order valence-corrected chi connectivity index (χ2v) is 5.02. The topological polar surface area (TPSA) is 0 Å². The summed E-state index contributed by atoms with van der Waals surface area (Å²) in [4.78, 5) is 0. The van der Waals surface area contributed by atoms with Crippen LogP contribution in [0.5, 0.6) is 0 Å². The zero-order valence-corrected chi connectivity index (χ0v) is 10.1. The van der Waals surface area contributed by atoms with E-state index in [1.807, 2.05) is 0 Å². The molecule has 0 aromatic heterocycles. The summed E-state index contributed by atoms with van der Waals surface area (Å²) in [6, 6.07) is 19.4. The molecule has 2 atom stereocenters. The summed E-state index contributed by atoms with van der Waals surface area (Å²) in [5.74, 6) is 1.01. The molecule has 0 nitrogen and oxygen atoms in total. The summed E-state index contributed by atoms with van der Waals surface area (Å²) in [5.41, 5.74) is 5.82. The van der Waals surface area contributed by atoms with Crippen LogP contribution in [0.2, 0.25) is 0 Å². The number of hydrogen-bond donors (Lipinski definition) is 0. The highest BCUT2D eigenvalue weighted by Crippen LogP contribution is 2.52. The third kappa shape index (κ3) is 1.32. The van der Waals surface area contributed by atoms with Crippen molar-refractivity contribution < 1.29 is 0 Å². The maximum atomic E-state index is 2.36. The minimum atomic E-state index is 0.506. The summed E-state index contributed by atoms with van der Waals surface area (Å²) >= 11 is 0. The van der Waals surface area contributed by atoms with Crippen molar-refractivity contribution in [2.45, 2.75) is 11.8 Å². The first kappa shape index (κ1) is 9.90. The molecule has 2 aliphatic rings. The van der Waals surface area contributed by atoms with Crippen LogP contribution in [0.4, 0.5) is 0 Å². The molecule has 86 valence electrons. The number of hydrogen-bond acceptors (Lipinski definition) is 0. The molecule has 0 heteroatoms. The maximum absolute atomic E-state index is 2.36. The average Bonchev–Trinajstić information content (AvgIpc) is 2.96. The predicted molar refractivity (Wildman–Crippen MR) is 75.5 cm³/mol. The molecule has 0 amide bonds. The van der Waals surface area contributed by atoms with Crippen LogP contribution >= 0.6 is 0 Å². The lowest BCUT2D eigenvalue weighted by atomic mass is 9.97. The van der Waals surface area contributed by atoms with Gasteiger partial charge in [-0.25, -0.2) is 0 Å². The van der Waals surface area contributed by atoms with Gasteiger partial charge < -0.3 is 0 Å². The number of allylic oxidation sites excluding steroid dienone is 3. The summed E-state index contributed by atoms with van der Waals surface area (Å²) in [6.45, 7) is 0. The van der Waals surface area contributed by atoms with Gasteiger partial charge in [-0.3, -0.25) is 0 Å². The smallest absolute Gasteiger partial charge is 0.0244 e. The molecule has 0 aliphatic heterocycles. The molecular formula is C18H14. The van der Waals surface area contributed by atoms with Crippen LogP contribution in [0.1, 0.15) is 28.5 Å². The van der Waals surface area contributed by atoms with Crippen LogP contribution in [0.25, 0.3) is 6.08 Å². The molecule has 0 heterocycles. The highest BCUT2D eigenvalue weighted by atomic mass is 14.4. The van der Waals surface area contributed by atoms with Crippen molar-refractivity contribution in [1.82, 2.24) is 0 Å². The molecule has 2 bridgehead atoms. The van der Waals surface area contributed by atoms with Crippen molar-refractivity contribution in [3.05, 3.63) is 89.0 Å². The van der Waals surface area contributed by atoms with Crippen LogP contribution in [0.3, 0.4) is 0 Å². The van der Waals surface area contributed by atoms with Crippen LogP contribution < -0.4 is 0 Å². The Morgan fingerprint density at radius 1 is 0.667 bits per heavy atom. The van der Waals surface area contributed by atoms with E-state index in [4.69, 9.17) is 0 Å². The van der Waals surface area contributed by atoms with Crippen molar-refractivity contribution >= 4 is 6.08 Å². The van der Waals surface area contributed by atoms with E-state index in [1.165, 1.54) is 22.3 Å². The average molecular weight is 230 g/mol. The molecule has 2 aromatic rings. The van der Waals surface area contributed by atoms with Crippen LogP contribution in [0, 0.1) is 0 Å². The maximum Gasteiger partial charge on any atom is 0.0244 e. The standard InChI is InChI=1S/C18H14/c1-2-6-13(7-3-1)12-18-16-10-11-17(18)15-9-5-4-8-14(15)16/h1-12,16-17H. The van der Waals surface area contributed by atoms with Crippen molar-refractivity contribution in [3.63, 3.8) is 0 Å². The van der Waals surface area contributed by atoms with Crippen LogP contribution in [-0.2, 0) is 0 Å². The van der Waals surface area contributed by atoms with E-state index < -0.39 is 0 Å². The number of benzene rings is 2. The molecule has 0 spiro atoms. The summed E-state index contributed by atoms with van der Waals surface area (Å²) in [7, 11) is 0. The lowest BCUT2D eigenvalue weighted by molar-refractivity contribution is 1.05. The number of fused-ring (bicyclic) bond motifs is 5. The Morgan fingerprint density at radius 3 is 1.83 bits per heavy atom. The Morgan fingerprint density at radius 2 is 1.22 bits per heavy atom. The highest BCUT2D eigenvalue weighted by molar-refractivity contribution is 5.68. The molecular weight excluding hydrogens is 216 g/mol. The first-order chi connectivity index (χ1) is 8.93. The van der Waals surface area contributed by atoms with E-state index in [0.29, 0.717) is 11.8 Å². The quantitative estimate of drug-likeness (QED) is 0.632. The largest absolute Gasteiger partial charge is 0.0760 e. The van der Waals surface area contributed by atoms with Gasteiger partial charge in [-0.2, -0.15) is 0 Å². The van der Waals surface area contributed by atoms with E-state index in [-0.39, 0.29) is 0 Å². The molecule has 0 N–H and O–H groups in total. The first-order valence-corrected chi connectivity index (χ1v) is 6.47. The third-order valence-corrected chi connectivity index (χ3v) is 4.01. The molecule has 2 unspecified atom stereocenters. The van der Waals surface area contributed by atoms with Gasteiger partial charge in [0.25, 0.3) is 0 Å². The second-order valence-electron chi connectivity index (χ2n) is 5.02. The van der Waals surface area contributed by atoms with Gasteiger partial charge in [0.2, 0.25) is 0 Å². The van der Waals surface area contributed by atoms with Crippen LogP contribution in [0.15, 0.2) is 72.3 Å². The molecule has 0 fully saturated rings. The van der Waals surface area contributed by atoms with Gasteiger partial charge in [0.05, 0.1) is 0 Å². The van der Waals surface area contributed by atoms with E-state index in [1.54, 1.807) is 0 Å². The fourth-order valence-corrected chi connectivity index (χ4v) is 3.20. The van der Waals surface area contributed by atoms with E-state index in [2.05, 4.69) is 72.8 Å². The summed E-state index contributed by atoms with van der Waals surface area (Å²) in [6.07, 6.45) is 7.05. The highest BCUT2D eigenvalue weighted by Gasteiger charge is 2.36. The third-order valence-electron chi connectivity index (χ3n) is 4.01. The van der Waals surface area contributed by atoms with Gasteiger partial charge in [-0.15, -0.1) is 0 Å². The minimum absolute atomic E-state index is 0.506. The molecule has 2 aliphatic carbocycles. The van der Waals surface area contributed by atoms with Crippen molar-refractivity contribution in [3.8, 4) is 0 Å². The Bertz CT molecular complexity index is 612. The van der Waals surface area contributed by atoms with Crippen molar-refractivity contribution in [1.29, 1.82) is 0 Å². The fourth-order valence-electron chi connectivity index (χ4n) is 3.20. The molecule has 0 radical (unpaired) electrons. The van der Waals surface area contributed by atoms with E-state index in [0.717, 1.165) is 0 Å². The minimum Gasteiger partial charge on any atom is -0.0760 e. The molecule has 18 heavy (non-hydrogen) atoms. The molecule has 2 aromatic carbocycles. The molecule has 0 saturated heterocycles. The second kappa shape index (κ2) is 3.71. The predicted octanol–water partition coefficient (Wildman–Crippen LogP) is 4.52. The zero-order chi connectivity index (χ0) is 11.9. The lowest BCUT2D eigenvalue weighted by Gasteiger charge is -2.07. The van der Waals surface area contributed by atoms with E-state index >= 15 is 0 Å². The molecule has 4 rings (SSSR count). The van der Waals surface area contributed by atoms with Gasteiger partial charge in [-0.05, 0) is 22.3 Å². The van der Waals surface area contributed by atoms with Gasteiger partial charge in [-0.1, -0.05) is 72.8 Å². The SMILES string of the molecule is C1=CC2C(=Cc3ccccc3)C1c1ccccc12. The number of rotatable bonds is 1. The van der Waals surface area contributed by atoms with Gasteiger partial charge >= 0.3 is 0 Å². The van der Waals surface area contributed by atoms with Crippen molar-refractivity contribution in [2.24, 2.45) is 0 Å². The monoisotopic (exact) mass is 230 g/mol. The lowest BCUT2D eigenvalue weighted by Crippen LogP contribution is -1.90. The zero-order valence-electron chi connectivity index (χ0n) is 10.1. The summed E-state index contributed by atoms with van der Waals surface area (Å²) < 4.78 is 0. The van der Waals surface area contributed by atoms with Gasteiger partial charge in [0, 0.05) is 11.8 Å². The Balaban J connectivity index is 1.82. The van der Waals surface area contributed by atoms with Crippen LogP contribution in [-0.4, -0.2) is 0 Å².